The quantitative estimate of drug-likeness (QED) is 0.750. The first-order chi connectivity index (χ1) is 13.1. The van der Waals surface area contributed by atoms with Crippen LogP contribution in [0.4, 0.5) is 5.82 Å². The Balaban J connectivity index is 1.43. The maximum absolute atomic E-state index is 4.38. The molecule has 0 spiro atoms. The minimum Gasteiger partial charge on any atom is -0.368 e. The molecular formula is C21H28N6. The van der Waals surface area contributed by atoms with Crippen molar-refractivity contribution in [3.8, 4) is 11.1 Å². The number of hydrogen-bond donors (Lipinski definition) is 1. The highest BCUT2D eigenvalue weighted by Gasteiger charge is 2.22. The van der Waals surface area contributed by atoms with Crippen LogP contribution in [-0.2, 0) is 7.05 Å². The summed E-state index contributed by atoms with van der Waals surface area (Å²) in [6, 6.07) is 9.11. The van der Waals surface area contributed by atoms with Crippen molar-refractivity contribution in [3.05, 3.63) is 36.7 Å². The van der Waals surface area contributed by atoms with Crippen LogP contribution in [0.15, 0.2) is 36.7 Å². The van der Waals surface area contributed by atoms with E-state index in [1.807, 2.05) is 30.2 Å². The second kappa shape index (κ2) is 7.64. The van der Waals surface area contributed by atoms with E-state index in [-0.39, 0.29) is 0 Å². The van der Waals surface area contributed by atoms with Gasteiger partial charge in [-0.25, -0.2) is 0 Å². The molecule has 1 saturated carbocycles. The van der Waals surface area contributed by atoms with Gasteiger partial charge in [-0.2, -0.15) is 5.10 Å². The molecule has 6 heteroatoms. The Labute approximate surface area is 160 Å². The molecule has 0 bridgehead atoms. The first-order valence-electron chi connectivity index (χ1n) is 9.75. The van der Waals surface area contributed by atoms with Crippen LogP contribution < -0.4 is 5.32 Å². The molecule has 1 aromatic carbocycles. The monoisotopic (exact) mass is 364 g/mol. The lowest BCUT2D eigenvalue weighted by atomic mass is 9.85. The second-order valence-electron chi connectivity index (χ2n) is 7.92. The third-order valence-electron chi connectivity index (χ3n) is 5.74. The molecule has 0 saturated heterocycles. The summed E-state index contributed by atoms with van der Waals surface area (Å²) in [5, 5.41) is 17.6. The lowest BCUT2D eigenvalue weighted by Gasteiger charge is -2.32. The minimum absolute atomic E-state index is 0.723. The average molecular weight is 364 g/mol. The number of fused-ring (bicyclic) bond motifs is 1. The lowest BCUT2D eigenvalue weighted by Crippen LogP contribution is -2.33. The predicted molar refractivity (Wildman–Crippen MR) is 110 cm³/mol. The fourth-order valence-electron chi connectivity index (χ4n) is 4.00. The summed E-state index contributed by atoms with van der Waals surface area (Å²) >= 11 is 0. The molecule has 4 rings (SSSR count). The number of aryl methyl sites for hydroxylation is 1. The lowest BCUT2D eigenvalue weighted by molar-refractivity contribution is 0.198. The molecule has 1 fully saturated rings. The van der Waals surface area contributed by atoms with E-state index in [0.29, 0.717) is 0 Å². The number of aromatic nitrogens is 4. The van der Waals surface area contributed by atoms with Gasteiger partial charge in [-0.1, -0.05) is 6.07 Å². The zero-order valence-electron chi connectivity index (χ0n) is 16.4. The Morgan fingerprint density at radius 1 is 1.07 bits per heavy atom. The molecule has 0 unspecified atom stereocenters. The van der Waals surface area contributed by atoms with E-state index < -0.39 is 0 Å². The molecule has 1 N–H and O–H groups in total. The van der Waals surface area contributed by atoms with Crippen LogP contribution in [0.3, 0.4) is 0 Å². The molecule has 1 aliphatic rings. The Morgan fingerprint density at radius 3 is 2.59 bits per heavy atom. The van der Waals surface area contributed by atoms with Gasteiger partial charge in [0.15, 0.2) is 0 Å². The smallest absolute Gasteiger partial charge is 0.149 e. The number of benzene rings is 1. The van der Waals surface area contributed by atoms with Crippen molar-refractivity contribution in [2.24, 2.45) is 13.0 Å². The van der Waals surface area contributed by atoms with Gasteiger partial charge in [0.25, 0.3) is 0 Å². The van der Waals surface area contributed by atoms with Crippen LogP contribution in [0.1, 0.15) is 25.7 Å². The van der Waals surface area contributed by atoms with Crippen molar-refractivity contribution >= 4 is 16.7 Å². The largest absolute Gasteiger partial charge is 0.368 e. The topological polar surface area (TPSA) is 58.9 Å². The van der Waals surface area contributed by atoms with Crippen LogP contribution in [-0.4, -0.2) is 51.6 Å². The molecule has 6 nitrogen and oxygen atoms in total. The molecule has 0 aliphatic heterocycles. The van der Waals surface area contributed by atoms with Crippen LogP contribution in [0, 0.1) is 5.92 Å². The van der Waals surface area contributed by atoms with Crippen molar-refractivity contribution in [2.75, 3.05) is 26.0 Å². The number of anilines is 1. The summed E-state index contributed by atoms with van der Waals surface area (Å²) < 4.78 is 1.82. The van der Waals surface area contributed by atoms with Crippen LogP contribution in [0.2, 0.25) is 0 Å². The van der Waals surface area contributed by atoms with Crippen molar-refractivity contribution in [2.45, 2.75) is 31.7 Å². The number of nitrogens with zero attached hydrogens (tertiary/aromatic N) is 5. The van der Waals surface area contributed by atoms with Gasteiger partial charge in [0, 0.05) is 36.8 Å². The number of rotatable bonds is 5. The van der Waals surface area contributed by atoms with E-state index in [9.17, 15) is 0 Å². The van der Waals surface area contributed by atoms with Gasteiger partial charge in [0.1, 0.15) is 5.82 Å². The highest BCUT2D eigenvalue weighted by molar-refractivity contribution is 5.85. The number of nitrogens with one attached hydrogen (secondary N) is 1. The van der Waals surface area contributed by atoms with E-state index in [1.54, 1.807) is 0 Å². The van der Waals surface area contributed by atoms with E-state index >= 15 is 0 Å². The molecule has 3 aromatic rings. The Morgan fingerprint density at radius 2 is 1.89 bits per heavy atom. The molecule has 2 heterocycles. The van der Waals surface area contributed by atoms with Gasteiger partial charge >= 0.3 is 0 Å². The summed E-state index contributed by atoms with van der Waals surface area (Å²) in [5.41, 5.74) is 3.18. The first kappa shape index (κ1) is 17.9. The third-order valence-corrected chi connectivity index (χ3v) is 5.74. The van der Waals surface area contributed by atoms with Crippen molar-refractivity contribution in [1.29, 1.82) is 0 Å². The molecule has 0 atom stereocenters. The minimum atomic E-state index is 0.723. The molecule has 27 heavy (non-hydrogen) atoms. The van der Waals surface area contributed by atoms with Crippen LogP contribution in [0.25, 0.3) is 22.0 Å². The zero-order chi connectivity index (χ0) is 18.8. The van der Waals surface area contributed by atoms with Gasteiger partial charge in [0.05, 0.1) is 11.7 Å². The molecular weight excluding hydrogens is 336 g/mol. The highest BCUT2D eigenvalue weighted by atomic mass is 15.2. The highest BCUT2D eigenvalue weighted by Crippen LogP contribution is 2.27. The standard InChI is InChI=1S/C21H28N6/c1-26(2)19-7-4-15(5-8-19)12-22-21-11-17-10-16(6-9-20(17)24-25-21)18-13-23-27(3)14-18/h6,9-11,13-15,19H,4-5,7-8,12H2,1-3H3,(H,22,25). The van der Waals surface area contributed by atoms with Crippen molar-refractivity contribution < 1.29 is 0 Å². The average Bonchev–Trinajstić information content (AvgIpc) is 3.12. The summed E-state index contributed by atoms with van der Waals surface area (Å²) in [5.74, 6) is 1.58. The summed E-state index contributed by atoms with van der Waals surface area (Å²) in [6.45, 7) is 0.975. The molecule has 0 radical (unpaired) electrons. The third kappa shape index (κ3) is 4.11. The molecule has 142 valence electrons. The zero-order valence-corrected chi connectivity index (χ0v) is 16.4. The van der Waals surface area contributed by atoms with Crippen LogP contribution >= 0.6 is 0 Å². The first-order valence-corrected chi connectivity index (χ1v) is 9.75. The van der Waals surface area contributed by atoms with Gasteiger partial charge in [-0.05, 0) is 69.5 Å². The van der Waals surface area contributed by atoms with E-state index in [1.165, 1.54) is 25.7 Å². The van der Waals surface area contributed by atoms with Gasteiger partial charge < -0.3 is 10.2 Å². The fourth-order valence-corrected chi connectivity index (χ4v) is 4.00. The summed E-state index contributed by atoms with van der Waals surface area (Å²) in [6.07, 6.45) is 9.05. The normalized spacial score (nSPS) is 20.3. The molecule has 2 aromatic heterocycles. The van der Waals surface area contributed by atoms with E-state index in [2.05, 4.69) is 57.8 Å². The predicted octanol–water partition coefficient (Wildman–Crippen LogP) is 3.56. The molecule has 0 amide bonds. The van der Waals surface area contributed by atoms with Gasteiger partial charge in [0.2, 0.25) is 0 Å². The van der Waals surface area contributed by atoms with E-state index in [4.69, 9.17) is 0 Å². The Bertz CT molecular complexity index is 908. The maximum Gasteiger partial charge on any atom is 0.149 e. The molecule has 1 aliphatic carbocycles. The van der Waals surface area contributed by atoms with E-state index in [0.717, 1.165) is 46.4 Å². The SMILES string of the molecule is CN(C)C1CCC(CNc2cc3cc(-c4cnn(C)c4)ccc3nn2)CC1. The summed E-state index contributed by atoms with van der Waals surface area (Å²) in [7, 11) is 6.31. The Hall–Kier alpha value is -2.47. The number of hydrogen-bond acceptors (Lipinski definition) is 5. The van der Waals surface area contributed by atoms with Crippen molar-refractivity contribution in [1.82, 2.24) is 24.9 Å². The Kier molecular flexibility index (Phi) is 5.07. The summed E-state index contributed by atoms with van der Waals surface area (Å²) in [4.78, 5) is 2.36. The second-order valence-corrected chi connectivity index (χ2v) is 7.92. The van der Waals surface area contributed by atoms with Gasteiger partial charge in [-0.3, -0.25) is 4.68 Å². The fraction of sp³-hybridized carbons (Fsp3) is 0.476. The van der Waals surface area contributed by atoms with Gasteiger partial charge in [-0.15, -0.1) is 10.2 Å². The van der Waals surface area contributed by atoms with Crippen LogP contribution in [0.5, 0.6) is 0 Å². The maximum atomic E-state index is 4.38. The van der Waals surface area contributed by atoms with Crippen molar-refractivity contribution in [3.63, 3.8) is 0 Å².